The van der Waals surface area contributed by atoms with Crippen LogP contribution in [0.25, 0.3) is 0 Å². The van der Waals surface area contributed by atoms with Crippen LogP contribution in [0.4, 0.5) is 0 Å². The molecule has 3 aliphatic rings. The van der Waals surface area contributed by atoms with Gasteiger partial charge < -0.3 is 4.90 Å². The Balaban J connectivity index is 1.46. The molecular formula is C14H24N2O3S. The molecule has 0 aromatic rings. The summed E-state index contributed by atoms with van der Waals surface area (Å²) < 4.78 is 25.1. The third kappa shape index (κ3) is 2.86. The molecule has 0 unspecified atom stereocenters. The van der Waals surface area contributed by atoms with Gasteiger partial charge in [0.25, 0.3) is 0 Å². The number of nitrogens with zero attached hydrogens (tertiary/aromatic N) is 1. The summed E-state index contributed by atoms with van der Waals surface area (Å²) in [5, 5.41) is 0. The van der Waals surface area contributed by atoms with Crippen LogP contribution in [-0.4, -0.2) is 44.6 Å². The Labute approximate surface area is 121 Å². The van der Waals surface area contributed by atoms with Crippen molar-refractivity contribution in [1.29, 1.82) is 0 Å². The minimum Gasteiger partial charge on any atom is -0.342 e. The van der Waals surface area contributed by atoms with E-state index in [9.17, 15) is 13.2 Å². The highest BCUT2D eigenvalue weighted by Gasteiger charge is 2.47. The summed E-state index contributed by atoms with van der Waals surface area (Å²) in [6.07, 6.45) is 8.50. The lowest BCUT2D eigenvalue weighted by Gasteiger charge is -2.52. The zero-order chi connectivity index (χ0) is 14.4. The summed E-state index contributed by atoms with van der Waals surface area (Å²) in [4.78, 5) is 14.2. The topological polar surface area (TPSA) is 66.5 Å². The first-order chi connectivity index (χ1) is 9.37. The lowest BCUT2D eigenvalue weighted by atomic mass is 9.60. The van der Waals surface area contributed by atoms with Gasteiger partial charge in [-0.15, -0.1) is 0 Å². The van der Waals surface area contributed by atoms with E-state index in [-0.39, 0.29) is 6.04 Å². The van der Waals surface area contributed by atoms with E-state index in [1.165, 1.54) is 12.7 Å². The third-order valence-corrected chi connectivity index (χ3v) is 6.09. The van der Waals surface area contributed by atoms with Crippen molar-refractivity contribution in [3.8, 4) is 0 Å². The summed E-state index contributed by atoms with van der Waals surface area (Å²) in [5.74, 6) is 0.654. The highest BCUT2D eigenvalue weighted by molar-refractivity contribution is 7.88. The molecule has 20 heavy (non-hydrogen) atoms. The summed E-state index contributed by atoms with van der Waals surface area (Å²) in [6, 6.07) is 0.110. The number of hydrogen-bond acceptors (Lipinski definition) is 3. The Morgan fingerprint density at radius 1 is 1.20 bits per heavy atom. The number of amides is 1. The summed E-state index contributed by atoms with van der Waals surface area (Å²) in [6.45, 7) is 1.72. The van der Waals surface area contributed by atoms with Crippen LogP contribution in [0, 0.1) is 11.3 Å². The molecule has 1 spiro atoms. The van der Waals surface area contributed by atoms with Gasteiger partial charge in [-0.05, 0) is 43.9 Å². The standard InChI is InChI=1S/C14H24N2O3S/c1-20(18,19)15-12-9-14(10-12)5-7-16(8-6-14)13(17)11-3-2-4-11/h11-12,15H,2-10H2,1H3. The number of carbonyl (C=O) groups is 1. The van der Waals surface area contributed by atoms with E-state index >= 15 is 0 Å². The van der Waals surface area contributed by atoms with Gasteiger partial charge in [-0.1, -0.05) is 6.42 Å². The zero-order valence-electron chi connectivity index (χ0n) is 12.1. The van der Waals surface area contributed by atoms with Gasteiger partial charge in [0.15, 0.2) is 0 Å². The van der Waals surface area contributed by atoms with Crippen LogP contribution >= 0.6 is 0 Å². The first-order valence-electron chi connectivity index (χ1n) is 7.63. The molecule has 0 radical (unpaired) electrons. The third-order valence-electron chi connectivity index (χ3n) is 5.33. The van der Waals surface area contributed by atoms with Crippen LogP contribution in [0.3, 0.4) is 0 Å². The van der Waals surface area contributed by atoms with Gasteiger partial charge in [0.2, 0.25) is 15.9 Å². The molecule has 2 saturated carbocycles. The summed E-state index contributed by atoms with van der Waals surface area (Å²) >= 11 is 0. The van der Waals surface area contributed by atoms with Crippen molar-refractivity contribution in [2.24, 2.45) is 11.3 Å². The predicted octanol–water partition coefficient (Wildman–Crippen LogP) is 1.11. The molecule has 3 fully saturated rings. The normalized spacial score (nSPS) is 27.1. The van der Waals surface area contributed by atoms with Gasteiger partial charge >= 0.3 is 0 Å². The van der Waals surface area contributed by atoms with Gasteiger partial charge in [0.1, 0.15) is 0 Å². The minimum absolute atomic E-state index is 0.110. The van der Waals surface area contributed by atoms with Gasteiger partial charge in [0, 0.05) is 25.0 Å². The molecule has 1 amide bonds. The maximum Gasteiger partial charge on any atom is 0.225 e. The largest absolute Gasteiger partial charge is 0.342 e. The molecule has 0 aromatic heterocycles. The molecule has 1 heterocycles. The molecule has 1 aliphatic heterocycles. The maximum atomic E-state index is 12.2. The number of sulfonamides is 1. The van der Waals surface area contributed by atoms with E-state index in [0.29, 0.717) is 17.2 Å². The van der Waals surface area contributed by atoms with Crippen LogP contribution in [-0.2, 0) is 14.8 Å². The van der Waals surface area contributed by atoms with Crippen LogP contribution in [0.15, 0.2) is 0 Å². The summed E-state index contributed by atoms with van der Waals surface area (Å²) in [7, 11) is -3.09. The number of likely N-dealkylation sites (tertiary alicyclic amines) is 1. The highest BCUT2D eigenvalue weighted by Crippen LogP contribution is 2.49. The second-order valence-electron chi connectivity index (χ2n) is 6.95. The smallest absolute Gasteiger partial charge is 0.225 e. The molecule has 3 rings (SSSR count). The van der Waals surface area contributed by atoms with E-state index in [2.05, 4.69) is 4.72 Å². The molecular weight excluding hydrogens is 276 g/mol. The molecule has 5 nitrogen and oxygen atoms in total. The molecule has 0 aromatic carbocycles. The minimum atomic E-state index is -3.09. The first kappa shape index (κ1) is 14.3. The zero-order valence-corrected chi connectivity index (χ0v) is 12.9. The van der Waals surface area contributed by atoms with Crippen LogP contribution in [0.1, 0.15) is 44.9 Å². The van der Waals surface area contributed by atoms with Crippen molar-refractivity contribution in [2.45, 2.75) is 51.0 Å². The van der Waals surface area contributed by atoms with Crippen molar-refractivity contribution in [1.82, 2.24) is 9.62 Å². The molecule has 6 heteroatoms. The van der Waals surface area contributed by atoms with E-state index in [4.69, 9.17) is 0 Å². The van der Waals surface area contributed by atoms with Crippen LogP contribution in [0.5, 0.6) is 0 Å². The quantitative estimate of drug-likeness (QED) is 0.849. The van der Waals surface area contributed by atoms with Crippen LogP contribution in [0.2, 0.25) is 0 Å². The SMILES string of the molecule is CS(=O)(=O)NC1CC2(CCN(C(=O)C3CCC3)CC2)C1. The van der Waals surface area contributed by atoms with Crippen molar-refractivity contribution in [2.75, 3.05) is 19.3 Å². The molecule has 114 valence electrons. The number of rotatable bonds is 3. The van der Waals surface area contributed by atoms with E-state index in [1.807, 2.05) is 4.90 Å². The number of hydrogen-bond donors (Lipinski definition) is 1. The van der Waals surface area contributed by atoms with Gasteiger partial charge in [0.05, 0.1) is 6.26 Å². The Morgan fingerprint density at radius 2 is 1.80 bits per heavy atom. The Kier molecular flexibility index (Phi) is 3.57. The van der Waals surface area contributed by atoms with Crippen molar-refractivity contribution < 1.29 is 13.2 Å². The van der Waals surface area contributed by atoms with Gasteiger partial charge in [-0.3, -0.25) is 4.79 Å². The van der Waals surface area contributed by atoms with E-state index in [1.54, 1.807) is 0 Å². The average molecular weight is 300 g/mol. The number of nitrogens with one attached hydrogen (secondary N) is 1. The number of carbonyl (C=O) groups excluding carboxylic acids is 1. The fourth-order valence-corrected chi connectivity index (χ4v) is 4.67. The Bertz CT molecular complexity index is 483. The van der Waals surface area contributed by atoms with Crippen molar-refractivity contribution in [3.63, 3.8) is 0 Å². The van der Waals surface area contributed by atoms with Crippen molar-refractivity contribution >= 4 is 15.9 Å². The fourth-order valence-electron chi connectivity index (χ4n) is 3.89. The second-order valence-corrected chi connectivity index (χ2v) is 8.73. The lowest BCUT2D eigenvalue weighted by molar-refractivity contribution is -0.141. The Morgan fingerprint density at radius 3 is 2.25 bits per heavy atom. The van der Waals surface area contributed by atoms with Gasteiger partial charge in [-0.25, -0.2) is 13.1 Å². The number of piperidine rings is 1. The second kappa shape index (κ2) is 4.98. The van der Waals surface area contributed by atoms with E-state index in [0.717, 1.165) is 51.6 Å². The van der Waals surface area contributed by atoms with Gasteiger partial charge in [-0.2, -0.15) is 0 Å². The van der Waals surface area contributed by atoms with E-state index < -0.39 is 10.0 Å². The molecule has 2 aliphatic carbocycles. The lowest BCUT2D eigenvalue weighted by Crippen LogP contribution is -2.56. The first-order valence-corrected chi connectivity index (χ1v) is 9.52. The molecule has 0 atom stereocenters. The molecule has 0 bridgehead atoms. The maximum absolute atomic E-state index is 12.2. The Hall–Kier alpha value is -0.620. The predicted molar refractivity (Wildman–Crippen MR) is 76.6 cm³/mol. The molecule has 1 saturated heterocycles. The summed E-state index contributed by atoms with van der Waals surface area (Å²) in [5.41, 5.74) is 0.290. The van der Waals surface area contributed by atoms with Crippen LogP contribution < -0.4 is 4.72 Å². The molecule has 1 N–H and O–H groups in total. The fraction of sp³-hybridized carbons (Fsp3) is 0.929. The average Bonchev–Trinajstić information content (AvgIpc) is 2.23. The highest BCUT2D eigenvalue weighted by atomic mass is 32.2. The van der Waals surface area contributed by atoms with Crippen molar-refractivity contribution in [3.05, 3.63) is 0 Å². The monoisotopic (exact) mass is 300 g/mol.